The number of aromatic nitrogens is 2. The molecule has 1 aromatic heterocycles. The molecule has 1 heterocycles. The Bertz CT molecular complexity index is 558. The fraction of sp³-hybridized carbons (Fsp3) is 0.231. The number of hydrogen-bond donors (Lipinski definition) is 3. The van der Waals surface area contributed by atoms with E-state index in [1.165, 1.54) is 0 Å². The summed E-state index contributed by atoms with van der Waals surface area (Å²) in [4.78, 5) is 8.78. The molecule has 5 nitrogen and oxygen atoms in total. The molecule has 0 saturated heterocycles. The Kier molecular flexibility index (Phi) is 4.70. The van der Waals surface area contributed by atoms with Crippen LogP contribution < -0.4 is 16.6 Å². The van der Waals surface area contributed by atoms with Gasteiger partial charge in [-0.15, -0.1) is 0 Å². The van der Waals surface area contributed by atoms with Crippen molar-refractivity contribution < 1.29 is 0 Å². The van der Waals surface area contributed by atoms with Gasteiger partial charge in [-0.2, -0.15) is 0 Å². The van der Waals surface area contributed by atoms with Crippen molar-refractivity contribution in [2.75, 3.05) is 10.7 Å². The van der Waals surface area contributed by atoms with Gasteiger partial charge in [0.15, 0.2) is 0 Å². The maximum atomic E-state index is 5.43. The van der Waals surface area contributed by atoms with Gasteiger partial charge in [-0.1, -0.05) is 19.1 Å². The average Bonchev–Trinajstić information content (AvgIpc) is 2.41. The third-order valence-corrected chi connectivity index (χ3v) is 3.22. The van der Waals surface area contributed by atoms with Gasteiger partial charge in [0, 0.05) is 17.0 Å². The second kappa shape index (κ2) is 6.49. The van der Waals surface area contributed by atoms with Gasteiger partial charge in [-0.25, -0.2) is 15.8 Å². The van der Waals surface area contributed by atoms with Crippen molar-refractivity contribution in [2.45, 2.75) is 19.8 Å². The fourth-order valence-corrected chi connectivity index (χ4v) is 2.05. The molecule has 4 N–H and O–H groups in total. The lowest BCUT2D eigenvalue weighted by atomic mass is 10.3. The molecule has 2 aromatic rings. The lowest BCUT2D eigenvalue weighted by Crippen LogP contribution is -2.11. The van der Waals surface area contributed by atoms with Crippen LogP contribution in [0.4, 0.5) is 17.3 Å². The summed E-state index contributed by atoms with van der Waals surface area (Å²) in [6, 6.07) is 9.65. The van der Waals surface area contributed by atoms with Crippen LogP contribution in [0.3, 0.4) is 0 Å². The molecule has 1 aromatic carbocycles. The Hall–Kier alpha value is -1.66. The second-order valence-electron chi connectivity index (χ2n) is 4.05. The number of para-hydroxylation sites is 1. The van der Waals surface area contributed by atoms with Crippen molar-refractivity contribution in [1.82, 2.24) is 9.97 Å². The highest BCUT2D eigenvalue weighted by Gasteiger charge is 2.05. The van der Waals surface area contributed by atoms with Gasteiger partial charge in [0.25, 0.3) is 0 Å². The molecule has 0 unspecified atom stereocenters. The van der Waals surface area contributed by atoms with E-state index in [2.05, 4.69) is 43.6 Å². The molecule has 0 amide bonds. The predicted molar refractivity (Wildman–Crippen MR) is 81.3 cm³/mol. The zero-order chi connectivity index (χ0) is 13.7. The van der Waals surface area contributed by atoms with Crippen molar-refractivity contribution in [1.29, 1.82) is 0 Å². The number of hydrogen-bond acceptors (Lipinski definition) is 5. The summed E-state index contributed by atoms with van der Waals surface area (Å²) in [7, 11) is 0. The summed E-state index contributed by atoms with van der Waals surface area (Å²) in [6.45, 7) is 2.09. The summed E-state index contributed by atoms with van der Waals surface area (Å²) in [5, 5.41) is 3.25. The van der Waals surface area contributed by atoms with Crippen LogP contribution in [-0.4, -0.2) is 9.97 Å². The first kappa shape index (κ1) is 13.8. The molecule has 0 saturated carbocycles. The number of benzene rings is 1. The smallest absolute Gasteiger partial charge is 0.145 e. The standard InChI is InChI=1S/C13H16BrN5/c1-2-5-11-17-12(8-13(18-11)19-15)16-10-7-4-3-6-9(10)14/h3-4,6-8H,2,5,15H2,1H3,(H2,16,17,18,19). The van der Waals surface area contributed by atoms with Crippen LogP contribution >= 0.6 is 15.9 Å². The summed E-state index contributed by atoms with van der Waals surface area (Å²) >= 11 is 3.49. The Morgan fingerprint density at radius 1 is 1.21 bits per heavy atom. The molecule has 0 radical (unpaired) electrons. The minimum atomic E-state index is 0.605. The average molecular weight is 322 g/mol. The topological polar surface area (TPSA) is 75.9 Å². The Morgan fingerprint density at radius 2 is 1.95 bits per heavy atom. The number of rotatable bonds is 5. The normalized spacial score (nSPS) is 10.3. The lowest BCUT2D eigenvalue weighted by Gasteiger charge is -2.10. The highest BCUT2D eigenvalue weighted by Crippen LogP contribution is 2.25. The number of anilines is 3. The molecule has 0 aliphatic carbocycles. The fourth-order valence-electron chi connectivity index (χ4n) is 1.67. The quantitative estimate of drug-likeness (QED) is 0.582. The highest BCUT2D eigenvalue weighted by atomic mass is 79.9. The minimum Gasteiger partial charge on any atom is -0.339 e. The number of halogens is 1. The second-order valence-corrected chi connectivity index (χ2v) is 4.91. The van der Waals surface area contributed by atoms with Crippen molar-refractivity contribution in [3.63, 3.8) is 0 Å². The molecule has 19 heavy (non-hydrogen) atoms. The number of nitrogens with two attached hydrogens (primary N) is 1. The number of hydrazine groups is 1. The lowest BCUT2D eigenvalue weighted by molar-refractivity contribution is 0.837. The first-order chi connectivity index (χ1) is 9.22. The van der Waals surface area contributed by atoms with E-state index in [4.69, 9.17) is 5.84 Å². The van der Waals surface area contributed by atoms with E-state index in [9.17, 15) is 0 Å². The van der Waals surface area contributed by atoms with Gasteiger partial charge in [0.1, 0.15) is 17.5 Å². The first-order valence-electron chi connectivity index (χ1n) is 6.09. The van der Waals surface area contributed by atoms with Crippen LogP contribution in [0, 0.1) is 0 Å². The van der Waals surface area contributed by atoms with E-state index in [1.54, 1.807) is 6.07 Å². The summed E-state index contributed by atoms with van der Waals surface area (Å²) in [5.41, 5.74) is 3.51. The van der Waals surface area contributed by atoms with Crippen LogP contribution in [0.5, 0.6) is 0 Å². The minimum absolute atomic E-state index is 0.605. The maximum absolute atomic E-state index is 5.43. The molecule has 6 heteroatoms. The summed E-state index contributed by atoms with van der Waals surface area (Å²) in [5.74, 6) is 7.53. The Balaban J connectivity index is 2.29. The van der Waals surface area contributed by atoms with E-state index in [0.29, 0.717) is 5.82 Å². The molecular weight excluding hydrogens is 306 g/mol. The molecule has 0 fully saturated rings. The summed E-state index contributed by atoms with van der Waals surface area (Å²) < 4.78 is 0.980. The zero-order valence-electron chi connectivity index (χ0n) is 10.7. The molecule has 100 valence electrons. The Morgan fingerprint density at radius 3 is 2.63 bits per heavy atom. The van der Waals surface area contributed by atoms with Crippen molar-refractivity contribution in [3.8, 4) is 0 Å². The van der Waals surface area contributed by atoms with Gasteiger partial charge in [-0.05, 0) is 34.5 Å². The van der Waals surface area contributed by atoms with E-state index < -0.39 is 0 Å². The van der Waals surface area contributed by atoms with Gasteiger partial charge >= 0.3 is 0 Å². The van der Waals surface area contributed by atoms with Gasteiger partial charge in [0.05, 0.1) is 5.69 Å². The Labute approximate surface area is 120 Å². The van der Waals surface area contributed by atoms with E-state index in [-0.39, 0.29) is 0 Å². The third-order valence-electron chi connectivity index (χ3n) is 2.53. The van der Waals surface area contributed by atoms with Crippen LogP contribution in [0.2, 0.25) is 0 Å². The number of nitrogens with zero attached hydrogens (tertiary/aromatic N) is 2. The first-order valence-corrected chi connectivity index (χ1v) is 6.88. The molecule has 0 bridgehead atoms. The highest BCUT2D eigenvalue weighted by molar-refractivity contribution is 9.10. The molecule has 0 aliphatic rings. The van der Waals surface area contributed by atoms with Gasteiger partial charge < -0.3 is 10.7 Å². The molecule has 0 atom stereocenters. The molecule has 0 aliphatic heterocycles. The van der Waals surface area contributed by atoms with Crippen LogP contribution in [0.15, 0.2) is 34.8 Å². The molecule has 0 spiro atoms. The SMILES string of the molecule is CCCc1nc(NN)cc(Nc2ccccc2Br)n1. The maximum Gasteiger partial charge on any atom is 0.145 e. The van der Waals surface area contributed by atoms with E-state index in [0.717, 1.165) is 34.6 Å². The number of nitrogens with one attached hydrogen (secondary N) is 2. The van der Waals surface area contributed by atoms with Crippen LogP contribution in [0.1, 0.15) is 19.2 Å². The van der Waals surface area contributed by atoms with Crippen molar-refractivity contribution >= 4 is 33.3 Å². The molecular formula is C13H16BrN5. The number of aryl methyl sites for hydroxylation is 1. The van der Waals surface area contributed by atoms with E-state index >= 15 is 0 Å². The predicted octanol–water partition coefficient (Wildman–Crippen LogP) is 3.22. The van der Waals surface area contributed by atoms with E-state index in [1.807, 2.05) is 24.3 Å². The van der Waals surface area contributed by atoms with Crippen molar-refractivity contribution in [2.24, 2.45) is 5.84 Å². The van der Waals surface area contributed by atoms with Gasteiger partial charge in [0.2, 0.25) is 0 Å². The molecule has 2 rings (SSSR count). The monoisotopic (exact) mass is 321 g/mol. The zero-order valence-corrected chi connectivity index (χ0v) is 12.2. The van der Waals surface area contributed by atoms with Crippen molar-refractivity contribution in [3.05, 3.63) is 40.6 Å². The van der Waals surface area contributed by atoms with Crippen LogP contribution in [-0.2, 0) is 6.42 Å². The van der Waals surface area contributed by atoms with Crippen LogP contribution in [0.25, 0.3) is 0 Å². The number of nitrogen functional groups attached to an aromatic ring is 1. The largest absolute Gasteiger partial charge is 0.339 e. The third kappa shape index (κ3) is 3.65. The van der Waals surface area contributed by atoms with Gasteiger partial charge in [-0.3, -0.25) is 0 Å². The summed E-state index contributed by atoms with van der Waals surface area (Å²) in [6.07, 6.45) is 1.81.